The predicted molar refractivity (Wildman–Crippen MR) is 216 cm³/mol. The number of hydrogen-bond donors (Lipinski definition) is 11. The molecule has 7 atom stereocenters. The fourth-order valence-electron chi connectivity index (χ4n) is 5.61. The van der Waals surface area contributed by atoms with Gasteiger partial charge in [-0.15, -0.1) is 0 Å². The van der Waals surface area contributed by atoms with Gasteiger partial charge >= 0.3 is 23.5 Å². The molecule has 1 aliphatic heterocycles. The molecule has 1 saturated heterocycles. The molecule has 4 rings (SSSR count). The second-order valence-electron chi connectivity index (χ2n) is 14.3. The summed E-state index contributed by atoms with van der Waals surface area (Å²) in [5.74, 6) is -1.13. The number of carbonyl (C=O) groups is 3. The number of rotatable bonds is 25. The Balaban J connectivity index is 1.15. The number of nitrogens with one attached hydrogen (secondary N) is 3. The maximum Gasteiger partial charge on any atom is 0.481 e. The van der Waals surface area contributed by atoms with Crippen LogP contribution in [0.4, 0.5) is 5.82 Å². The molecule has 1 aromatic carbocycles. The molecule has 346 valence electrons. The van der Waals surface area contributed by atoms with Gasteiger partial charge in [0, 0.05) is 55.8 Å². The highest BCUT2D eigenvalue weighted by Crippen LogP contribution is 2.61. The average Bonchev–Trinajstić information content (AvgIpc) is 3.76. The summed E-state index contributed by atoms with van der Waals surface area (Å²) in [6, 6.07) is 8.01. The maximum absolute atomic E-state index is 12.7. The molecule has 0 aliphatic carbocycles. The minimum Gasteiger partial charge on any atom is -0.386 e. The van der Waals surface area contributed by atoms with E-state index >= 15 is 0 Å². The molecular formula is C32H51N9O17P3S+. The summed E-state index contributed by atoms with van der Waals surface area (Å²) in [6.45, 7) is 2.29. The number of ether oxygens (including phenoxy) is 1. The van der Waals surface area contributed by atoms with Crippen LogP contribution in [0.15, 0.2) is 36.9 Å². The number of anilines is 1. The minimum absolute atomic E-state index is 0.0287. The molecule has 1 aliphatic rings. The number of amides is 2. The van der Waals surface area contributed by atoms with E-state index in [0.29, 0.717) is 31.8 Å². The number of aromatic nitrogens is 4. The number of imidazole rings is 1. The molecule has 0 bridgehead atoms. The van der Waals surface area contributed by atoms with Crippen molar-refractivity contribution in [3.63, 3.8) is 0 Å². The van der Waals surface area contributed by atoms with E-state index in [1.54, 1.807) is 0 Å². The lowest BCUT2D eigenvalue weighted by molar-refractivity contribution is -0.386. The van der Waals surface area contributed by atoms with Gasteiger partial charge in [0.25, 0.3) is 0 Å². The number of carbonyl (C=O) groups excluding carboxylic acids is 3. The number of nitrogens with zero attached hydrogens (tertiary/aromatic N) is 4. The summed E-state index contributed by atoms with van der Waals surface area (Å²) in [5, 5.41) is 29.6. The number of thioether (sulfide) groups is 1. The largest absolute Gasteiger partial charge is 0.481 e. The monoisotopic (exact) mass is 958 g/mol. The van der Waals surface area contributed by atoms with Gasteiger partial charge in [0.1, 0.15) is 36.3 Å². The van der Waals surface area contributed by atoms with Crippen LogP contribution in [0.2, 0.25) is 0 Å². The van der Waals surface area contributed by atoms with Gasteiger partial charge in [-0.05, 0) is 5.56 Å². The molecule has 2 aromatic heterocycles. The number of phosphoric acid groups is 3. The molecule has 7 unspecified atom stereocenters. The van der Waals surface area contributed by atoms with Crippen LogP contribution in [0.25, 0.3) is 11.2 Å². The molecular weight excluding hydrogens is 907 g/mol. The van der Waals surface area contributed by atoms with E-state index < -0.39 is 84.6 Å². The lowest BCUT2D eigenvalue weighted by atomic mass is 9.87. The summed E-state index contributed by atoms with van der Waals surface area (Å²) in [4.78, 5) is 88.1. The van der Waals surface area contributed by atoms with Gasteiger partial charge in [-0.3, -0.25) is 32.5 Å². The summed E-state index contributed by atoms with van der Waals surface area (Å²) in [6.07, 6.45) is -6.65. The maximum atomic E-state index is 12.7. The van der Waals surface area contributed by atoms with Crippen molar-refractivity contribution < 1.29 is 86.2 Å². The number of hydrogen-bond acceptors (Lipinski definition) is 19. The Morgan fingerprint density at radius 3 is 2.34 bits per heavy atom. The molecule has 62 heavy (non-hydrogen) atoms. The highest BCUT2D eigenvalue weighted by Gasteiger charge is 2.50. The molecule has 0 radical (unpaired) electrons. The van der Waals surface area contributed by atoms with Crippen molar-refractivity contribution in [2.24, 2.45) is 5.41 Å². The van der Waals surface area contributed by atoms with Crippen LogP contribution in [0.3, 0.4) is 0 Å². The molecule has 30 heteroatoms. The van der Waals surface area contributed by atoms with Gasteiger partial charge in [0.05, 0.1) is 26.1 Å². The topological polar surface area (TPSA) is 403 Å². The Morgan fingerprint density at radius 1 is 0.984 bits per heavy atom. The van der Waals surface area contributed by atoms with Gasteiger partial charge < -0.3 is 61.9 Å². The van der Waals surface area contributed by atoms with Crippen molar-refractivity contribution in [2.75, 3.05) is 44.3 Å². The smallest absolute Gasteiger partial charge is 0.386 e. The minimum atomic E-state index is -5.58. The number of quaternary nitrogens is 1. The Hall–Kier alpha value is -3.30. The van der Waals surface area contributed by atoms with Gasteiger partial charge in [-0.2, -0.15) is 4.31 Å². The summed E-state index contributed by atoms with van der Waals surface area (Å²) in [7, 11) is -16.4. The highest BCUT2D eigenvalue weighted by molar-refractivity contribution is 8.13. The molecule has 14 N–H and O–H groups in total. The normalized spacial score (nSPS) is 20.7. The van der Waals surface area contributed by atoms with Crippen molar-refractivity contribution in [3.8, 4) is 0 Å². The lowest BCUT2D eigenvalue weighted by Gasteiger charge is -2.30. The summed E-state index contributed by atoms with van der Waals surface area (Å²) >= 11 is 1.07. The highest BCUT2D eigenvalue weighted by atomic mass is 32.2. The van der Waals surface area contributed by atoms with Crippen LogP contribution in [-0.4, -0.2) is 129 Å². The quantitative estimate of drug-likeness (QED) is 0.0343. The second kappa shape index (κ2) is 22.5. The Bertz CT molecular complexity index is 2150. The van der Waals surface area contributed by atoms with Crippen molar-refractivity contribution in [3.05, 3.63) is 48.0 Å². The summed E-state index contributed by atoms with van der Waals surface area (Å²) < 4.78 is 62.3. The number of nitrogen functional groups attached to an aromatic ring is 1. The van der Waals surface area contributed by atoms with E-state index in [2.05, 4.69) is 45.5 Å². The van der Waals surface area contributed by atoms with Crippen molar-refractivity contribution in [1.82, 2.24) is 35.5 Å². The predicted octanol–water partition coefficient (Wildman–Crippen LogP) is -1.41. The third-order valence-corrected chi connectivity index (χ3v) is 12.9. The van der Waals surface area contributed by atoms with E-state index in [9.17, 15) is 57.9 Å². The lowest BCUT2D eigenvalue weighted by Crippen LogP contribution is -2.47. The second-order valence-corrected chi connectivity index (χ2v) is 19.7. The number of nitrogens with two attached hydrogens (primary N) is 1. The molecule has 1 fully saturated rings. The fraction of sp³-hybridized carbons (Fsp3) is 0.562. The van der Waals surface area contributed by atoms with Gasteiger partial charge in [0.15, 0.2) is 22.8 Å². The third-order valence-electron chi connectivity index (χ3n) is 8.91. The first-order chi connectivity index (χ1) is 29.0. The van der Waals surface area contributed by atoms with E-state index in [1.807, 2.05) is 24.3 Å². The average molecular weight is 959 g/mol. The number of phosphoric ester groups is 3. The van der Waals surface area contributed by atoms with Gasteiger partial charge in [-0.25, -0.2) is 28.6 Å². The molecule has 26 nitrogen and oxygen atoms in total. The summed E-state index contributed by atoms with van der Waals surface area (Å²) in [5.41, 5.74) is 10.3. The van der Waals surface area contributed by atoms with E-state index in [-0.39, 0.29) is 41.6 Å². The standard InChI is InChI=1S/C32H50N9O17P3S/c1-32(2,27(45)30(46)37-10-7-22(42)36-11-12-62-23(43)8-9-35-14-20-5-3-19(13-33)4-6-20)16-55-61(52,53)58-60(50,51)54-15-21-26(57-59(47,48)49)25(44)31(56-21)41-18-40-24-28(34)38-17-39-29(24)41/h3-6,17-18,21,25-27,31,35,44-45H,7-16,33H2,1-2H3,(H,36,42)(H,37,46)(H,50,51)(H,52,53)(H2,34,38,39)(H2,47,48,49)/p+1. The van der Waals surface area contributed by atoms with Crippen LogP contribution >= 0.6 is 35.2 Å². The van der Waals surface area contributed by atoms with Crippen molar-refractivity contribution >= 4 is 69.1 Å². The van der Waals surface area contributed by atoms with E-state index in [4.69, 9.17) is 19.5 Å². The third kappa shape index (κ3) is 15.7. The first-order valence-electron chi connectivity index (χ1n) is 18.6. The fourth-order valence-corrected chi connectivity index (χ4v) is 9.12. The number of aliphatic hydroxyl groups excluding tert-OH is 2. The Labute approximate surface area is 358 Å². The molecule has 3 aromatic rings. The van der Waals surface area contributed by atoms with E-state index in [1.165, 1.54) is 13.8 Å². The Kier molecular flexibility index (Phi) is 18.7. The van der Waals surface area contributed by atoms with Gasteiger partial charge in [0.2, 0.25) is 11.8 Å². The molecule has 2 amide bonds. The molecule has 3 heterocycles. The van der Waals surface area contributed by atoms with Crippen LogP contribution < -0.4 is 27.4 Å². The van der Waals surface area contributed by atoms with Crippen molar-refractivity contribution in [1.29, 1.82) is 0 Å². The zero-order valence-electron chi connectivity index (χ0n) is 33.4. The molecule has 0 saturated carbocycles. The van der Waals surface area contributed by atoms with Crippen LogP contribution in [0.5, 0.6) is 0 Å². The zero-order chi connectivity index (χ0) is 45.9. The Morgan fingerprint density at radius 2 is 1.66 bits per heavy atom. The number of aliphatic hydroxyl groups is 2. The SMILES string of the molecule is CC(C)(COP(=O)(O)OP(=O)(O)OCC1OC(n2cnc3c(N)ncnc32)C(O)C1OP(=O)(O)O)C(O)C(=O)NCCC(=O)NCCSC(=O)CCNCc1ccc(C[NH3+])cc1. The van der Waals surface area contributed by atoms with Crippen molar-refractivity contribution in [2.45, 2.75) is 70.4 Å². The molecule has 0 spiro atoms. The first-order valence-corrected chi connectivity index (χ1v) is 24.1. The van der Waals surface area contributed by atoms with Crippen LogP contribution in [0, 0.1) is 5.41 Å². The van der Waals surface area contributed by atoms with Crippen LogP contribution in [-0.2, 0) is 63.8 Å². The first kappa shape index (κ1) is 51.3. The number of fused-ring (bicyclic) bond motifs is 1. The number of benzene rings is 1. The van der Waals surface area contributed by atoms with Crippen LogP contribution in [0.1, 0.15) is 44.0 Å². The zero-order valence-corrected chi connectivity index (χ0v) is 36.9. The van der Waals surface area contributed by atoms with Gasteiger partial charge in [-0.1, -0.05) is 49.9 Å². The van der Waals surface area contributed by atoms with E-state index in [0.717, 1.165) is 40.1 Å².